The molecule has 0 saturated heterocycles. The van der Waals surface area contributed by atoms with Crippen LogP contribution in [0.3, 0.4) is 0 Å². The van der Waals surface area contributed by atoms with Gasteiger partial charge in [0.15, 0.2) is 0 Å². The molecule has 2 nitrogen and oxygen atoms in total. The fraction of sp³-hybridized carbons (Fsp3) is 0.750. The molecule has 0 aromatic rings. The van der Waals surface area contributed by atoms with Gasteiger partial charge in [-0.3, -0.25) is 0 Å². The molecule has 0 N–H and O–H groups in total. The number of hydrogen-bond donors (Lipinski definition) is 0. The van der Waals surface area contributed by atoms with E-state index in [2.05, 4.69) is 11.3 Å². The molecule has 15 heavy (non-hydrogen) atoms. The molecule has 0 radical (unpaired) electrons. The van der Waals surface area contributed by atoms with Crippen LogP contribution in [0.5, 0.6) is 0 Å². The Morgan fingerprint density at radius 1 is 1.07 bits per heavy atom. The Balaban J connectivity index is 2.92. The van der Waals surface area contributed by atoms with E-state index in [0.29, 0.717) is 0 Å². The highest BCUT2D eigenvalue weighted by Gasteiger charge is 1.96. The number of rotatable bonds is 10. The second kappa shape index (κ2) is 11.2. The van der Waals surface area contributed by atoms with Gasteiger partial charge in [-0.15, -0.1) is 11.0 Å². The van der Waals surface area contributed by atoms with E-state index in [1.807, 2.05) is 6.08 Å². The van der Waals surface area contributed by atoms with Crippen molar-refractivity contribution in [3.8, 4) is 0 Å². The first kappa shape index (κ1) is 14.1. The highest BCUT2D eigenvalue weighted by molar-refractivity contribution is 5.57. The molecule has 0 unspecified atom stereocenters. The fourth-order valence-corrected chi connectivity index (χ4v) is 1.43. The third-order valence-electron chi connectivity index (χ3n) is 2.27. The number of unbranched alkanes of at least 4 members (excludes halogenated alkanes) is 7. The summed E-state index contributed by atoms with van der Waals surface area (Å²) in [4.78, 5) is 9.78. The molecule has 0 heterocycles. The molecule has 0 aromatic carbocycles. The minimum absolute atomic E-state index is 0.214. The summed E-state index contributed by atoms with van der Waals surface area (Å²) in [7, 11) is 0. The summed E-state index contributed by atoms with van der Waals surface area (Å²) in [6.45, 7) is 3.88. The van der Waals surface area contributed by atoms with Crippen molar-refractivity contribution >= 4 is 6.22 Å². The molecule has 0 atom stereocenters. The zero-order chi connectivity index (χ0) is 11.4. The van der Waals surface area contributed by atoms with Gasteiger partial charge in [-0.25, -0.2) is 4.79 Å². The van der Waals surface area contributed by atoms with Gasteiger partial charge in [0.05, 0.1) is 6.61 Å². The molecule has 0 aliphatic heterocycles. The van der Waals surface area contributed by atoms with E-state index in [9.17, 15) is 9.18 Å². The van der Waals surface area contributed by atoms with Crippen molar-refractivity contribution in [1.82, 2.24) is 0 Å². The SMILES string of the molecule is C=CCCCCCCCCCOC(=O)F. The number of hydrogen-bond acceptors (Lipinski definition) is 2. The normalized spacial score (nSPS) is 9.93. The van der Waals surface area contributed by atoms with Crippen LogP contribution in [0.25, 0.3) is 0 Å². The molecule has 0 saturated carbocycles. The fourth-order valence-electron chi connectivity index (χ4n) is 1.43. The summed E-state index contributed by atoms with van der Waals surface area (Å²) < 4.78 is 15.8. The molecule has 0 spiro atoms. The molecule has 0 aliphatic rings. The highest BCUT2D eigenvalue weighted by Crippen LogP contribution is 2.08. The van der Waals surface area contributed by atoms with Gasteiger partial charge >= 0.3 is 6.22 Å². The van der Waals surface area contributed by atoms with Crippen LogP contribution in [-0.4, -0.2) is 12.8 Å². The van der Waals surface area contributed by atoms with Crippen molar-refractivity contribution in [1.29, 1.82) is 0 Å². The first-order valence-electron chi connectivity index (χ1n) is 5.70. The second-order valence-corrected chi connectivity index (χ2v) is 3.64. The molecule has 0 aromatic heterocycles. The van der Waals surface area contributed by atoms with Crippen LogP contribution in [-0.2, 0) is 4.74 Å². The highest BCUT2D eigenvalue weighted by atomic mass is 19.1. The van der Waals surface area contributed by atoms with Crippen LogP contribution in [0.1, 0.15) is 51.4 Å². The lowest BCUT2D eigenvalue weighted by atomic mass is 10.1. The maximum Gasteiger partial charge on any atom is 0.495 e. The number of ether oxygens (including phenoxy) is 1. The molecule has 0 fully saturated rings. The Labute approximate surface area is 91.5 Å². The molecule has 3 heteroatoms. The van der Waals surface area contributed by atoms with Crippen molar-refractivity contribution in [2.45, 2.75) is 51.4 Å². The van der Waals surface area contributed by atoms with Crippen molar-refractivity contribution in [3.63, 3.8) is 0 Å². The zero-order valence-electron chi connectivity index (χ0n) is 9.34. The standard InChI is InChI=1S/C12H21FO2/c1-2-3-4-5-6-7-8-9-10-11-15-12(13)14/h2H,1,3-11H2. The van der Waals surface area contributed by atoms with E-state index < -0.39 is 6.22 Å². The lowest BCUT2D eigenvalue weighted by molar-refractivity contribution is 0.119. The van der Waals surface area contributed by atoms with E-state index >= 15 is 0 Å². The molecule has 0 bridgehead atoms. The second-order valence-electron chi connectivity index (χ2n) is 3.64. The summed E-state index contributed by atoms with van der Waals surface area (Å²) in [5, 5.41) is 0. The lowest BCUT2D eigenvalue weighted by Crippen LogP contribution is -1.96. The van der Waals surface area contributed by atoms with Crippen LogP contribution in [0, 0.1) is 0 Å². The van der Waals surface area contributed by atoms with Gasteiger partial charge in [0, 0.05) is 0 Å². The summed E-state index contributed by atoms with van der Waals surface area (Å²) in [6, 6.07) is 0. The summed E-state index contributed by atoms with van der Waals surface area (Å²) in [5.74, 6) is 0. The third kappa shape index (κ3) is 13.1. The van der Waals surface area contributed by atoms with Crippen LogP contribution in [0.2, 0.25) is 0 Å². The maximum atomic E-state index is 11.6. The number of carbonyl (C=O) groups is 1. The molecular formula is C12H21FO2. The van der Waals surface area contributed by atoms with Crippen LogP contribution in [0.15, 0.2) is 12.7 Å². The molecular weight excluding hydrogens is 195 g/mol. The smallest absolute Gasteiger partial charge is 0.440 e. The van der Waals surface area contributed by atoms with E-state index in [4.69, 9.17) is 0 Å². The number of carbonyl (C=O) groups excluding carboxylic acids is 1. The molecule has 0 amide bonds. The minimum atomic E-state index is -1.67. The molecule has 0 rings (SSSR count). The van der Waals surface area contributed by atoms with Gasteiger partial charge in [0.1, 0.15) is 0 Å². The molecule has 88 valence electrons. The van der Waals surface area contributed by atoms with E-state index in [-0.39, 0.29) is 6.61 Å². The van der Waals surface area contributed by atoms with Crippen molar-refractivity contribution in [2.24, 2.45) is 0 Å². The Hall–Kier alpha value is -0.860. The average Bonchev–Trinajstić information content (AvgIpc) is 2.20. The number of allylic oxidation sites excluding steroid dienone is 1. The zero-order valence-corrected chi connectivity index (χ0v) is 9.34. The van der Waals surface area contributed by atoms with Crippen molar-refractivity contribution in [3.05, 3.63) is 12.7 Å². The average molecular weight is 216 g/mol. The number of halogens is 1. The first-order chi connectivity index (χ1) is 7.27. The van der Waals surface area contributed by atoms with Crippen LogP contribution >= 0.6 is 0 Å². The van der Waals surface area contributed by atoms with E-state index in [1.165, 1.54) is 25.7 Å². The Kier molecular flexibility index (Phi) is 10.6. The summed E-state index contributed by atoms with van der Waals surface area (Å²) in [6.07, 6.45) is 9.23. The quantitative estimate of drug-likeness (QED) is 0.307. The Morgan fingerprint density at radius 3 is 2.13 bits per heavy atom. The van der Waals surface area contributed by atoms with E-state index in [0.717, 1.165) is 25.7 Å². The van der Waals surface area contributed by atoms with Crippen LogP contribution in [0.4, 0.5) is 9.18 Å². The Morgan fingerprint density at radius 2 is 1.60 bits per heavy atom. The maximum absolute atomic E-state index is 11.6. The van der Waals surface area contributed by atoms with Gasteiger partial charge in [-0.05, 0) is 19.3 Å². The topological polar surface area (TPSA) is 26.3 Å². The van der Waals surface area contributed by atoms with Gasteiger partial charge in [-0.2, -0.15) is 0 Å². The monoisotopic (exact) mass is 216 g/mol. The van der Waals surface area contributed by atoms with E-state index in [1.54, 1.807) is 0 Å². The lowest BCUT2D eigenvalue weighted by Gasteiger charge is -2.01. The first-order valence-corrected chi connectivity index (χ1v) is 5.70. The summed E-state index contributed by atoms with van der Waals surface area (Å²) >= 11 is 0. The Bertz CT molecular complexity index is 169. The minimum Gasteiger partial charge on any atom is -0.440 e. The van der Waals surface area contributed by atoms with Gasteiger partial charge < -0.3 is 4.74 Å². The largest absolute Gasteiger partial charge is 0.495 e. The van der Waals surface area contributed by atoms with Crippen molar-refractivity contribution in [2.75, 3.05) is 6.61 Å². The van der Waals surface area contributed by atoms with Gasteiger partial charge in [0.25, 0.3) is 0 Å². The van der Waals surface area contributed by atoms with Gasteiger partial charge in [0.2, 0.25) is 0 Å². The van der Waals surface area contributed by atoms with Gasteiger partial charge in [-0.1, -0.05) is 38.2 Å². The summed E-state index contributed by atoms with van der Waals surface area (Å²) in [5.41, 5.74) is 0. The predicted octanol–water partition coefficient (Wildman–Crippen LogP) is 4.40. The third-order valence-corrected chi connectivity index (χ3v) is 2.27. The van der Waals surface area contributed by atoms with Crippen LogP contribution < -0.4 is 0 Å². The predicted molar refractivity (Wildman–Crippen MR) is 59.6 cm³/mol. The molecule has 0 aliphatic carbocycles. The van der Waals surface area contributed by atoms with Crippen molar-refractivity contribution < 1.29 is 13.9 Å².